The van der Waals surface area contributed by atoms with Crippen LogP contribution in [0.25, 0.3) is 0 Å². The first-order chi connectivity index (χ1) is 10.5. The highest BCUT2D eigenvalue weighted by molar-refractivity contribution is 5.97. The number of hydrogen-bond donors (Lipinski definition) is 0. The summed E-state index contributed by atoms with van der Waals surface area (Å²) in [7, 11) is 0. The Balaban J connectivity index is 1.66. The fraction of sp³-hybridized carbons (Fsp3) is 0.778. The van der Waals surface area contributed by atoms with E-state index in [1.54, 1.807) is 0 Å². The van der Waals surface area contributed by atoms with Gasteiger partial charge in [0.05, 0.1) is 18.1 Å². The van der Waals surface area contributed by atoms with Gasteiger partial charge in [-0.3, -0.25) is 4.79 Å². The van der Waals surface area contributed by atoms with E-state index in [-0.39, 0.29) is 16.6 Å². The van der Waals surface area contributed by atoms with E-state index in [9.17, 15) is 4.79 Å². The molecule has 2 fully saturated rings. The summed E-state index contributed by atoms with van der Waals surface area (Å²) in [6.07, 6.45) is 8.65. The Morgan fingerprint density at radius 3 is 2.77 bits per heavy atom. The van der Waals surface area contributed by atoms with Crippen LogP contribution in [-0.2, 0) is 11.2 Å². The molecular formula is C18H26N2O2. The summed E-state index contributed by atoms with van der Waals surface area (Å²) in [5, 5.41) is 0. The number of rotatable bonds is 3. The fourth-order valence-corrected chi connectivity index (χ4v) is 4.90. The van der Waals surface area contributed by atoms with Gasteiger partial charge in [-0.25, -0.2) is 4.98 Å². The molecule has 0 bridgehead atoms. The first kappa shape index (κ1) is 14.4. The highest BCUT2D eigenvalue weighted by atomic mass is 16.5. The largest absolute Gasteiger partial charge is 0.378 e. The van der Waals surface area contributed by atoms with Crippen molar-refractivity contribution >= 4 is 5.78 Å². The lowest BCUT2D eigenvalue weighted by molar-refractivity contribution is -0.186. The lowest BCUT2D eigenvalue weighted by Gasteiger charge is -2.61. The Morgan fingerprint density at radius 2 is 2.14 bits per heavy atom. The van der Waals surface area contributed by atoms with Gasteiger partial charge in [0.2, 0.25) is 0 Å². The molecule has 4 rings (SSSR count). The van der Waals surface area contributed by atoms with Crippen molar-refractivity contribution in [2.75, 3.05) is 6.61 Å². The number of ketones is 1. The third-order valence-electron chi connectivity index (χ3n) is 6.15. The molecule has 2 atom stereocenters. The average Bonchev–Trinajstić information content (AvgIpc) is 2.73. The molecule has 3 aliphatic rings. The maximum atomic E-state index is 12.7. The van der Waals surface area contributed by atoms with Crippen LogP contribution >= 0.6 is 0 Å². The molecule has 0 saturated heterocycles. The van der Waals surface area contributed by atoms with Crippen molar-refractivity contribution in [1.29, 1.82) is 0 Å². The summed E-state index contributed by atoms with van der Waals surface area (Å²) < 4.78 is 8.16. The van der Waals surface area contributed by atoms with Crippen molar-refractivity contribution < 1.29 is 9.53 Å². The van der Waals surface area contributed by atoms with Crippen LogP contribution in [0.15, 0.2) is 6.33 Å². The van der Waals surface area contributed by atoms with Gasteiger partial charge in [0.15, 0.2) is 5.78 Å². The normalized spacial score (nSPS) is 31.5. The predicted molar refractivity (Wildman–Crippen MR) is 84.0 cm³/mol. The Labute approximate surface area is 132 Å². The van der Waals surface area contributed by atoms with Crippen molar-refractivity contribution in [3.8, 4) is 0 Å². The summed E-state index contributed by atoms with van der Waals surface area (Å²) in [4.78, 5) is 17.3. The maximum absolute atomic E-state index is 12.7. The van der Waals surface area contributed by atoms with Crippen LogP contribution in [0.5, 0.6) is 0 Å². The van der Waals surface area contributed by atoms with Crippen molar-refractivity contribution in [3.05, 3.63) is 17.7 Å². The fourth-order valence-electron chi connectivity index (χ4n) is 4.90. The predicted octanol–water partition coefficient (Wildman–Crippen LogP) is 3.56. The second-order valence-corrected chi connectivity index (χ2v) is 8.17. The molecule has 0 aliphatic heterocycles. The van der Waals surface area contributed by atoms with Gasteiger partial charge < -0.3 is 9.30 Å². The standard InChI is InChI=1S/C18H26N2O2/c1-4-22-15-8-14(18(15)6-5-7-18)20-11-19-12-9-17(2,3)10-13(21)16(12)20/h11,14-15H,4-10H2,1-3H3. The minimum absolute atomic E-state index is 0.0465. The highest BCUT2D eigenvalue weighted by Gasteiger charge is 2.60. The van der Waals surface area contributed by atoms with Crippen molar-refractivity contribution in [2.45, 2.75) is 71.4 Å². The monoisotopic (exact) mass is 302 g/mol. The Morgan fingerprint density at radius 1 is 1.36 bits per heavy atom. The molecule has 22 heavy (non-hydrogen) atoms. The van der Waals surface area contributed by atoms with E-state index in [0.29, 0.717) is 18.6 Å². The van der Waals surface area contributed by atoms with Gasteiger partial charge in [0, 0.05) is 24.5 Å². The van der Waals surface area contributed by atoms with Gasteiger partial charge in [-0.05, 0) is 38.0 Å². The number of aromatic nitrogens is 2. The van der Waals surface area contributed by atoms with Gasteiger partial charge in [-0.2, -0.15) is 0 Å². The molecular weight excluding hydrogens is 276 g/mol. The summed E-state index contributed by atoms with van der Waals surface area (Å²) in [6.45, 7) is 7.18. The van der Waals surface area contributed by atoms with E-state index < -0.39 is 0 Å². The number of carbonyl (C=O) groups is 1. The molecule has 0 N–H and O–H groups in total. The highest BCUT2D eigenvalue weighted by Crippen LogP contribution is 2.63. The number of hydrogen-bond acceptors (Lipinski definition) is 3. The zero-order valence-electron chi connectivity index (χ0n) is 13.9. The SMILES string of the molecule is CCOC1CC(n2cnc3c2C(=O)CC(C)(C)C3)C12CCC2. The van der Waals surface area contributed by atoms with Gasteiger partial charge in [0.1, 0.15) is 5.69 Å². The number of nitrogens with zero attached hydrogens (tertiary/aromatic N) is 2. The Hall–Kier alpha value is -1.16. The topological polar surface area (TPSA) is 44.1 Å². The van der Waals surface area contributed by atoms with E-state index in [1.807, 2.05) is 6.33 Å². The molecule has 3 aliphatic carbocycles. The first-order valence-electron chi connectivity index (χ1n) is 8.67. The molecule has 120 valence electrons. The molecule has 1 heterocycles. The van der Waals surface area contributed by atoms with Crippen LogP contribution < -0.4 is 0 Å². The van der Waals surface area contributed by atoms with Crippen LogP contribution in [0, 0.1) is 10.8 Å². The molecule has 2 unspecified atom stereocenters. The lowest BCUT2D eigenvalue weighted by atomic mass is 9.50. The molecule has 0 amide bonds. The van der Waals surface area contributed by atoms with Gasteiger partial charge in [-0.1, -0.05) is 20.3 Å². The van der Waals surface area contributed by atoms with Crippen LogP contribution in [0.2, 0.25) is 0 Å². The molecule has 1 spiro atoms. The third-order valence-corrected chi connectivity index (χ3v) is 6.15. The van der Waals surface area contributed by atoms with Crippen molar-refractivity contribution in [1.82, 2.24) is 9.55 Å². The second kappa shape index (κ2) is 4.67. The van der Waals surface area contributed by atoms with E-state index in [4.69, 9.17) is 4.74 Å². The molecule has 4 nitrogen and oxygen atoms in total. The summed E-state index contributed by atoms with van der Waals surface area (Å²) in [5.74, 6) is 0.276. The maximum Gasteiger partial charge on any atom is 0.181 e. The Kier molecular flexibility index (Phi) is 3.06. The average molecular weight is 302 g/mol. The zero-order chi connectivity index (χ0) is 15.5. The van der Waals surface area contributed by atoms with Crippen LogP contribution in [-0.4, -0.2) is 28.0 Å². The molecule has 0 aromatic carbocycles. The second-order valence-electron chi connectivity index (χ2n) is 8.17. The first-order valence-corrected chi connectivity index (χ1v) is 8.67. The molecule has 1 aromatic heterocycles. The number of ether oxygens (including phenoxy) is 1. The number of fused-ring (bicyclic) bond motifs is 1. The van der Waals surface area contributed by atoms with Gasteiger partial charge in [0.25, 0.3) is 0 Å². The van der Waals surface area contributed by atoms with Crippen LogP contribution in [0.1, 0.15) is 75.1 Å². The van der Waals surface area contributed by atoms with Gasteiger partial charge in [-0.15, -0.1) is 0 Å². The summed E-state index contributed by atoms with van der Waals surface area (Å²) >= 11 is 0. The molecule has 0 radical (unpaired) electrons. The molecule has 4 heteroatoms. The number of carbonyl (C=O) groups excluding carboxylic acids is 1. The molecule has 2 saturated carbocycles. The van der Waals surface area contributed by atoms with Crippen LogP contribution in [0.4, 0.5) is 0 Å². The van der Waals surface area contributed by atoms with E-state index in [2.05, 4.69) is 30.3 Å². The Bertz CT molecular complexity index is 613. The lowest BCUT2D eigenvalue weighted by Crippen LogP contribution is -2.59. The number of imidazole rings is 1. The minimum atomic E-state index is 0.0465. The van der Waals surface area contributed by atoms with Crippen molar-refractivity contribution in [2.24, 2.45) is 10.8 Å². The van der Waals surface area contributed by atoms with E-state index in [0.717, 1.165) is 30.8 Å². The van der Waals surface area contributed by atoms with Crippen molar-refractivity contribution in [3.63, 3.8) is 0 Å². The van der Waals surface area contributed by atoms with E-state index >= 15 is 0 Å². The smallest absolute Gasteiger partial charge is 0.181 e. The molecule has 1 aromatic rings. The van der Waals surface area contributed by atoms with E-state index in [1.165, 1.54) is 19.3 Å². The summed E-state index contributed by atoms with van der Waals surface area (Å²) in [5.41, 5.74) is 2.23. The minimum Gasteiger partial charge on any atom is -0.378 e. The quantitative estimate of drug-likeness (QED) is 0.857. The summed E-state index contributed by atoms with van der Waals surface area (Å²) in [6, 6.07) is 0.416. The third kappa shape index (κ3) is 1.86. The zero-order valence-corrected chi connectivity index (χ0v) is 13.9. The van der Waals surface area contributed by atoms with Crippen LogP contribution in [0.3, 0.4) is 0 Å². The van der Waals surface area contributed by atoms with Gasteiger partial charge >= 0.3 is 0 Å². The number of Topliss-reactive ketones (excluding diaryl/α,β-unsaturated/α-hetero) is 1.